The summed E-state index contributed by atoms with van der Waals surface area (Å²) in [7, 11) is 0. The number of aliphatic imine (C=N–C) groups is 4. The van der Waals surface area contributed by atoms with Crippen LogP contribution in [0.15, 0.2) is 74.6 Å². The third kappa shape index (κ3) is 5.22. The summed E-state index contributed by atoms with van der Waals surface area (Å²) < 4.78 is 0. The van der Waals surface area contributed by atoms with E-state index in [2.05, 4.69) is 20.0 Å². The van der Waals surface area contributed by atoms with Crippen molar-refractivity contribution < 1.29 is 19.2 Å². The van der Waals surface area contributed by atoms with E-state index in [1.54, 1.807) is 61.5 Å². The van der Waals surface area contributed by atoms with Gasteiger partial charge in [0.1, 0.15) is 0 Å². The first-order chi connectivity index (χ1) is 14.2. The molecule has 0 bridgehead atoms. The molecule has 29 heavy (non-hydrogen) atoms. The minimum atomic E-state index is 0.464. The van der Waals surface area contributed by atoms with Gasteiger partial charge >= 0.3 is 0 Å². The smallest absolute Gasteiger partial charge is 0.211 e. The Kier molecular flexibility index (Phi) is 7.55. The van der Waals surface area contributed by atoms with Gasteiger partial charge in [0, 0.05) is 16.3 Å². The van der Waals surface area contributed by atoms with E-state index < -0.39 is 0 Å². The fraction of sp³-hybridized carbons (Fsp3) is 0.0476. The molecule has 8 nitrogen and oxygen atoms in total. The Bertz CT molecular complexity index is 1150. The summed E-state index contributed by atoms with van der Waals surface area (Å²) in [4.78, 5) is 54.6. The molecule has 0 aliphatic heterocycles. The van der Waals surface area contributed by atoms with Gasteiger partial charge in [0.25, 0.3) is 0 Å². The number of hydrogen-bond acceptors (Lipinski definition) is 8. The van der Waals surface area contributed by atoms with E-state index in [1.807, 2.05) is 0 Å². The van der Waals surface area contributed by atoms with Gasteiger partial charge in [0.15, 0.2) is 0 Å². The highest BCUT2D eigenvalue weighted by atomic mass is 16.1. The maximum absolute atomic E-state index is 10.3. The van der Waals surface area contributed by atoms with Crippen molar-refractivity contribution in [3.05, 3.63) is 60.2 Å². The van der Waals surface area contributed by atoms with Gasteiger partial charge in [-0.25, -0.2) is 19.2 Å². The number of rotatable bonds is 4. The van der Waals surface area contributed by atoms with Gasteiger partial charge < -0.3 is 0 Å². The summed E-state index contributed by atoms with van der Waals surface area (Å²) in [5.41, 5.74) is 2.61. The van der Waals surface area contributed by atoms with Crippen molar-refractivity contribution in [2.75, 3.05) is 0 Å². The first kappa shape index (κ1) is 20.7. The largest absolute Gasteiger partial charge is 0.240 e. The number of hydrogen-bond donors (Lipinski definition) is 0. The van der Waals surface area contributed by atoms with Gasteiger partial charge in [0.05, 0.1) is 22.7 Å². The average molecular weight is 384 g/mol. The second-order valence-electron chi connectivity index (χ2n) is 5.38. The maximum atomic E-state index is 10.3. The minimum absolute atomic E-state index is 0.464. The van der Waals surface area contributed by atoms with E-state index >= 15 is 0 Å². The Labute approximate surface area is 164 Å². The molecule has 0 heterocycles. The zero-order chi connectivity index (χ0) is 21.1. The predicted octanol–water partition coefficient (Wildman–Crippen LogP) is 4.70. The standard InChI is InChI=1S/C12H6N2O2.C9H6N2O2/c15-7-13-11-5-1-3-9-10(11)4-2-6-12(9)14-8-16;1-7-8(10-5-12)3-2-4-9(7)11-6-13/h1-6H;2-4H,1H3. The summed E-state index contributed by atoms with van der Waals surface area (Å²) >= 11 is 0. The van der Waals surface area contributed by atoms with Crippen molar-refractivity contribution in [3.63, 3.8) is 0 Å². The molecule has 3 aromatic carbocycles. The van der Waals surface area contributed by atoms with Crippen LogP contribution in [0.3, 0.4) is 0 Å². The van der Waals surface area contributed by atoms with Crippen molar-refractivity contribution in [1.29, 1.82) is 0 Å². The van der Waals surface area contributed by atoms with Gasteiger partial charge in [-0.3, -0.25) is 0 Å². The van der Waals surface area contributed by atoms with Crippen LogP contribution in [-0.2, 0) is 19.2 Å². The van der Waals surface area contributed by atoms with Crippen LogP contribution in [0.5, 0.6) is 0 Å². The van der Waals surface area contributed by atoms with Crippen molar-refractivity contribution in [2.45, 2.75) is 6.92 Å². The van der Waals surface area contributed by atoms with Crippen LogP contribution in [0.25, 0.3) is 10.8 Å². The Balaban J connectivity index is 0.000000212. The third-order valence-electron chi connectivity index (χ3n) is 3.82. The maximum Gasteiger partial charge on any atom is 0.240 e. The Morgan fingerprint density at radius 3 is 1.21 bits per heavy atom. The molecule has 0 N–H and O–H groups in total. The second-order valence-corrected chi connectivity index (χ2v) is 5.38. The third-order valence-corrected chi connectivity index (χ3v) is 3.82. The first-order valence-electron chi connectivity index (χ1n) is 8.09. The molecule has 0 saturated heterocycles. The molecule has 0 aliphatic carbocycles. The lowest BCUT2D eigenvalue weighted by Crippen LogP contribution is -1.75. The molecule has 0 amide bonds. The van der Waals surface area contributed by atoms with Crippen molar-refractivity contribution in [3.8, 4) is 0 Å². The van der Waals surface area contributed by atoms with Gasteiger partial charge in [-0.15, -0.1) is 0 Å². The zero-order valence-corrected chi connectivity index (χ0v) is 15.1. The van der Waals surface area contributed by atoms with Crippen LogP contribution in [0, 0.1) is 6.92 Å². The summed E-state index contributed by atoms with van der Waals surface area (Å²) in [5.74, 6) is 0. The van der Waals surface area contributed by atoms with Crippen LogP contribution >= 0.6 is 0 Å². The van der Waals surface area contributed by atoms with Crippen molar-refractivity contribution in [2.24, 2.45) is 20.0 Å². The molecule has 0 fully saturated rings. The van der Waals surface area contributed by atoms with E-state index in [-0.39, 0.29) is 0 Å². The lowest BCUT2D eigenvalue weighted by molar-refractivity contribution is 0.564. The highest BCUT2D eigenvalue weighted by molar-refractivity contribution is 6.00. The van der Waals surface area contributed by atoms with Gasteiger partial charge in [-0.2, -0.15) is 20.0 Å². The number of fused-ring (bicyclic) bond motifs is 1. The van der Waals surface area contributed by atoms with Gasteiger partial charge in [-0.1, -0.05) is 30.3 Å². The van der Waals surface area contributed by atoms with E-state index in [0.717, 1.165) is 10.8 Å². The number of isocyanates is 4. The highest BCUT2D eigenvalue weighted by Gasteiger charge is 2.03. The van der Waals surface area contributed by atoms with Gasteiger partial charge in [0.2, 0.25) is 24.3 Å². The predicted molar refractivity (Wildman–Crippen MR) is 106 cm³/mol. The number of nitrogens with zero attached hydrogens (tertiary/aromatic N) is 4. The normalized spacial score (nSPS) is 8.86. The summed E-state index contributed by atoms with van der Waals surface area (Å²) in [6.45, 7) is 1.71. The summed E-state index contributed by atoms with van der Waals surface area (Å²) in [6.07, 6.45) is 5.85. The Morgan fingerprint density at radius 2 is 0.828 bits per heavy atom. The van der Waals surface area contributed by atoms with Crippen LogP contribution in [0.4, 0.5) is 22.7 Å². The van der Waals surface area contributed by atoms with Crippen molar-refractivity contribution in [1.82, 2.24) is 0 Å². The van der Waals surface area contributed by atoms with Gasteiger partial charge in [-0.05, 0) is 31.2 Å². The minimum Gasteiger partial charge on any atom is -0.211 e. The SMILES string of the molecule is Cc1c(N=C=O)cccc1N=C=O.O=C=Nc1cccc2c(N=C=O)cccc12. The molecule has 140 valence electrons. The van der Waals surface area contributed by atoms with E-state index in [4.69, 9.17) is 0 Å². The molecule has 0 saturated carbocycles. The molecule has 0 unspecified atom stereocenters. The van der Waals surface area contributed by atoms with E-state index in [1.165, 1.54) is 24.3 Å². The zero-order valence-electron chi connectivity index (χ0n) is 15.1. The molecule has 0 aromatic heterocycles. The lowest BCUT2D eigenvalue weighted by atomic mass is 10.1. The molecule has 0 spiro atoms. The van der Waals surface area contributed by atoms with Crippen LogP contribution in [0.2, 0.25) is 0 Å². The average Bonchev–Trinajstić information content (AvgIpc) is 2.73. The van der Waals surface area contributed by atoms with Crippen LogP contribution < -0.4 is 0 Å². The Hall–Kier alpha value is -4.56. The van der Waals surface area contributed by atoms with Crippen molar-refractivity contribution >= 4 is 57.8 Å². The second kappa shape index (κ2) is 10.6. The van der Waals surface area contributed by atoms with Crippen LogP contribution in [0.1, 0.15) is 5.56 Å². The number of carbonyl (C=O) groups excluding carboxylic acids is 4. The fourth-order valence-corrected chi connectivity index (χ4v) is 2.52. The Morgan fingerprint density at radius 1 is 0.517 bits per heavy atom. The molecule has 0 radical (unpaired) electrons. The van der Waals surface area contributed by atoms with Crippen LogP contribution in [-0.4, -0.2) is 24.3 Å². The molecule has 0 atom stereocenters. The molecule has 0 aliphatic rings. The molecule has 8 heteroatoms. The fourth-order valence-electron chi connectivity index (χ4n) is 2.52. The molecule has 3 aromatic rings. The topological polar surface area (TPSA) is 118 Å². The lowest BCUT2D eigenvalue weighted by Gasteiger charge is -2.02. The highest BCUT2D eigenvalue weighted by Crippen LogP contribution is 2.31. The molecular formula is C21H12N4O4. The monoisotopic (exact) mass is 384 g/mol. The summed E-state index contributed by atoms with van der Waals surface area (Å²) in [5, 5.41) is 1.50. The number of benzene rings is 3. The summed E-state index contributed by atoms with van der Waals surface area (Å²) in [6, 6.07) is 15.4. The molecular weight excluding hydrogens is 372 g/mol. The first-order valence-corrected chi connectivity index (χ1v) is 8.09. The van der Waals surface area contributed by atoms with E-state index in [9.17, 15) is 19.2 Å². The molecule has 3 rings (SSSR count). The quantitative estimate of drug-likeness (QED) is 0.478. The van der Waals surface area contributed by atoms with E-state index in [0.29, 0.717) is 28.3 Å².